The van der Waals surface area contributed by atoms with E-state index in [-0.39, 0.29) is 49.3 Å². The summed E-state index contributed by atoms with van der Waals surface area (Å²) in [6.45, 7) is 0.781. The molecule has 2 aromatic rings. The van der Waals surface area contributed by atoms with Gasteiger partial charge in [0, 0.05) is 13.0 Å². The molecule has 1 aromatic heterocycles. The molecule has 2 aliphatic rings. The number of benzene rings is 1. The normalized spacial score (nSPS) is 28.2. The molecular formula is C17H19N3O5. The van der Waals surface area contributed by atoms with Crippen molar-refractivity contribution in [3.8, 4) is 0 Å². The van der Waals surface area contributed by atoms with Crippen LogP contribution in [0, 0.1) is 0 Å². The first-order valence-corrected chi connectivity index (χ1v) is 8.28. The molecule has 0 unspecified atom stereocenters. The number of amides is 1. The molecule has 0 saturated carbocycles. The number of hydrogen-bond acceptors (Lipinski definition) is 6. The molecule has 1 amide bonds. The van der Waals surface area contributed by atoms with Gasteiger partial charge in [-0.2, -0.15) is 0 Å². The Morgan fingerprint density at radius 2 is 2.08 bits per heavy atom. The standard InChI is InChI=1S/C17H19N3O5/c21-13-8-25-15-12(7-24-16(13)15)19-14(22)5-6-20-9-18-11-4-2-1-3-10(11)17(20)23/h1-4,9,12-13,15-16,21H,5-8H2,(H,19,22)/t12-,13-,15-,16-/m1/s1. The summed E-state index contributed by atoms with van der Waals surface area (Å²) in [5.74, 6) is -0.195. The van der Waals surface area contributed by atoms with Crippen LogP contribution >= 0.6 is 0 Å². The van der Waals surface area contributed by atoms with Gasteiger partial charge in [-0.3, -0.25) is 14.2 Å². The van der Waals surface area contributed by atoms with Crippen LogP contribution in [0.1, 0.15) is 6.42 Å². The number of rotatable bonds is 4. The van der Waals surface area contributed by atoms with E-state index in [1.807, 2.05) is 6.07 Å². The second-order valence-electron chi connectivity index (χ2n) is 6.35. The number of aromatic nitrogens is 2. The number of carbonyl (C=O) groups excluding carboxylic acids is 1. The van der Waals surface area contributed by atoms with Crippen molar-refractivity contribution < 1.29 is 19.4 Å². The van der Waals surface area contributed by atoms with Crippen LogP contribution in [0.25, 0.3) is 10.9 Å². The van der Waals surface area contributed by atoms with Crippen LogP contribution < -0.4 is 10.9 Å². The summed E-state index contributed by atoms with van der Waals surface area (Å²) in [4.78, 5) is 28.8. The summed E-state index contributed by atoms with van der Waals surface area (Å²) in [5.41, 5.74) is 0.476. The average Bonchev–Trinajstić information content (AvgIpc) is 3.18. The zero-order valence-electron chi connectivity index (χ0n) is 13.5. The number of para-hydroxylation sites is 1. The number of fused-ring (bicyclic) bond motifs is 2. The number of carbonyl (C=O) groups is 1. The SMILES string of the molecule is O=C(CCn1cnc2ccccc2c1=O)N[C@@H]1CO[C@H]2[C@@H]1OC[C@H]2O. The van der Waals surface area contributed by atoms with Crippen LogP contribution in [-0.4, -0.2) is 58.1 Å². The molecule has 8 nitrogen and oxygen atoms in total. The molecule has 2 N–H and O–H groups in total. The van der Waals surface area contributed by atoms with Crippen molar-refractivity contribution in [2.45, 2.75) is 37.3 Å². The van der Waals surface area contributed by atoms with Gasteiger partial charge in [0.1, 0.15) is 18.3 Å². The largest absolute Gasteiger partial charge is 0.388 e. The lowest BCUT2D eigenvalue weighted by atomic mass is 10.1. The number of aliphatic hydroxyl groups is 1. The predicted molar refractivity (Wildman–Crippen MR) is 88.0 cm³/mol. The molecule has 25 heavy (non-hydrogen) atoms. The molecule has 3 heterocycles. The number of hydrogen-bond donors (Lipinski definition) is 2. The van der Waals surface area contributed by atoms with Crippen LogP contribution in [0.3, 0.4) is 0 Å². The Labute approximate surface area is 143 Å². The smallest absolute Gasteiger partial charge is 0.261 e. The lowest BCUT2D eigenvalue weighted by Gasteiger charge is -2.17. The fourth-order valence-electron chi connectivity index (χ4n) is 3.37. The number of aryl methyl sites for hydroxylation is 1. The summed E-state index contributed by atoms with van der Waals surface area (Å²) < 4.78 is 12.4. The van der Waals surface area contributed by atoms with Crippen molar-refractivity contribution in [2.75, 3.05) is 13.2 Å². The first-order chi connectivity index (χ1) is 12.1. The van der Waals surface area contributed by atoms with E-state index in [1.165, 1.54) is 10.9 Å². The van der Waals surface area contributed by atoms with E-state index in [0.29, 0.717) is 17.5 Å². The van der Waals surface area contributed by atoms with Gasteiger partial charge in [-0.25, -0.2) is 4.98 Å². The molecule has 0 aliphatic carbocycles. The van der Waals surface area contributed by atoms with Crippen molar-refractivity contribution in [2.24, 2.45) is 0 Å². The van der Waals surface area contributed by atoms with Crippen LogP contribution in [0.15, 0.2) is 35.4 Å². The maximum atomic E-state index is 12.4. The molecule has 2 saturated heterocycles. The quantitative estimate of drug-likeness (QED) is 0.769. The van der Waals surface area contributed by atoms with Crippen molar-refractivity contribution >= 4 is 16.8 Å². The van der Waals surface area contributed by atoms with Gasteiger partial charge in [0.2, 0.25) is 5.91 Å². The van der Waals surface area contributed by atoms with E-state index in [4.69, 9.17) is 9.47 Å². The molecule has 4 rings (SSSR count). The number of ether oxygens (including phenoxy) is 2. The average molecular weight is 345 g/mol. The molecule has 0 spiro atoms. The van der Waals surface area contributed by atoms with Gasteiger partial charge < -0.3 is 19.9 Å². The van der Waals surface area contributed by atoms with Gasteiger partial charge in [-0.1, -0.05) is 12.1 Å². The van der Waals surface area contributed by atoms with Crippen molar-refractivity contribution in [3.63, 3.8) is 0 Å². The highest BCUT2D eigenvalue weighted by Crippen LogP contribution is 2.26. The van der Waals surface area contributed by atoms with Crippen LogP contribution in [0.4, 0.5) is 0 Å². The maximum Gasteiger partial charge on any atom is 0.261 e. The number of aliphatic hydroxyl groups excluding tert-OH is 1. The van der Waals surface area contributed by atoms with Crippen molar-refractivity contribution in [1.82, 2.24) is 14.9 Å². The fraction of sp³-hybridized carbons (Fsp3) is 0.471. The van der Waals surface area contributed by atoms with E-state index in [0.717, 1.165) is 0 Å². The van der Waals surface area contributed by atoms with Crippen LogP contribution in [-0.2, 0) is 20.8 Å². The molecule has 0 radical (unpaired) electrons. The Kier molecular flexibility index (Phi) is 4.24. The molecule has 2 aliphatic heterocycles. The minimum atomic E-state index is -0.644. The predicted octanol–water partition coefficient (Wildman–Crippen LogP) is -0.570. The Morgan fingerprint density at radius 3 is 2.96 bits per heavy atom. The van der Waals surface area contributed by atoms with Gasteiger partial charge in [-0.15, -0.1) is 0 Å². The van der Waals surface area contributed by atoms with E-state index >= 15 is 0 Å². The molecule has 0 bridgehead atoms. The Bertz CT molecular complexity index is 852. The van der Waals surface area contributed by atoms with Gasteiger partial charge >= 0.3 is 0 Å². The van der Waals surface area contributed by atoms with Gasteiger partial charge in [0.25, 0.3) is 5.56 Å². The van der Waals surface area contributed by atoms with E-state index in [1.54, 1.807) is 18.2 Å². The Morgan fingerprint density at radius 1 is 1.28 bits per heavy atom. The minimum absolute atomic E-state index is 0.149. The fourth-order valence-corrected chi connectivity index (χ4v) is 3.37. The van der Waals surface area contributed by atoms with Gasteiger partial charge in [0.15, 0.2) is 0 Å². The molecule has 2 fully saturated rings. The molecule has 4 atom stereocenters. The minimum Gasteiger partial charge on any atom is -0.388 e. The van der Waals surface area contributed by atoms with Crippen molar-refractivity contribution in [1.29, 1.82) is 0 Å². The molecule has 8 heteroatoms. The Balaban J connectivity index is 1.38. The maximum absolute atomic E-state index is 12.4. The lowest BCUT2D eigenvalue weighted by Crippen LogP contribution is -2.44. The number of nitrogens with zero attached hydrogens (tertiary/aromatic N) is 2. The molecular weight excluding hydrogens is 326 g/mol. The second-order valence-corrected chi connectivity index (χ2v) is 6.35. The van der Waals surface area contributed by atoms with Crippen molar-refractivity contribution in [3.05, 3.63) is 40.9 Å². The van der Waals surface area contributed by atoms with E-state index in [9.17, 15) is 14.7 Å². The summed E-state index contributed by atoms with van der Waals surface area (Å²) >= 11 is 0. The third kappa shape index (κ3) is 3.04. The lowest BCUT2D eigenvalue weighted by molar-refractivity contribution is -0.122. The van der Waals surface area contributed by atoms with Gasteiger partial charge in [0.05, 0.1) is 36.5 Å². The van der Waals surface area contributed by atoms with E-state index in [2.05, 4.69) is 10.3 Å². The van der Waals surface area contributed by atoms with E-state index < -0.39 is 6.10 Å². The Hall–Kier alpha value is -2.29. The van der Waals surface area contributed by atoms with Gasteiger partial charge in [-0.05, 0) is 12.1 Å². The highest BCUT2D eigenvalue weighted by Gasteiger charge is 2.47. The molecule has 1 aromatic carbocycles. The summed E-state index contributed by atoms with van der Waals surface area (Å²) in [6.07, 6.45) is 0.273. The third-order valence-electron chi connectivity index (χ3n) is 4.68. The highest BCUT2D eigenvalue weighted by molar-refractivity contribution is 5.77. The second kappa shape index (κ2) is 6.55. The summed E-state index contributed by atoms with van der Waals surface area (Å²) in [5, 5.41) is 13.1. The zero-order valence-corrected chi connectivity index (χ0v) is 13.5. The first kappa shape index (κ1) is 16.2. The number of nitrogens with one attached hydrogen (secondary N) is 1. The zero-order chi connectivity index (χ0) is 17.4. The third-order valence-corrected chi connectivity index (χ3v) is 4.68. The first-order valence-electron chi connectivity index (χ1n) is 8.28. The highest BCUT2D eigenvalue weighted by atomic mass is 16.6. The summed E-state index contributed by atoms with van der Waals surface area (Å²) in [6, 6.07) is 6.84. The van der Waals surface area contributed by atoms with Crippen LogP contribution in [0.2, 0.25) is 0 Å². The topological polar surface area (TPSA) is 103 Å². The summed E-state index contributed by atoms with van der Waals surface area (Å²) in [7, 11) is 0. The monoisotopic (exact) mass is 345 g/mol. The van der Waals surface area contributed by atoms with Crippen LogP contribution in [0.5, 0.6) is 0 Å². The molecule has 132 valence electrons.